The Labute approximate surface area is 104 Å². The van der Waals surface area contributed by atoms with E-state index < -0.39 is 0 Å². The molecule has 100 valence electrons. The maximum Gasteiger partial charge on any atom is 0.0751 e. The van der Waals surface area contributed by atoms with Crippen LogP contribution in [0.4, 0.5) is 0 Å². The lowest BCUT2D eigenvalue weighted by atomic mass is 9.85. The van der Waals surface area contributed by atoms with Gasteiger partial charge in [-0.25, -0.2) is 0 Å². The molecule has 1 atom stereocenters. The van der Waals surface area contributed by atoms with E-state index in [0.717, 1.165) is 45.5 Å². The molecule has 1 unspecified atom stereocenters. The third kappa shape index (κ3) is 3.41. The summed E-state index contributed by atoms with van der Waals surface area (Å²) >= 11 is 0. The Bertz CT molecular complexity index is 244. The molecule has 0 aromatic heterocycles. The fourth-order valence-electron chi connectivity index (χ4n) is 2.67. The quantitative estimate of drug-likeness (QED) is 0.815. The summed E-state index contributed by atoms with van der Waals surface area (Å²) in [5, 5.41) is 0. The molecule has 2 aliphatic heterocycles. The molecule has 2 rings (SSSR count). The first-order chi connectivity index (χ1) is 8.05. The average Bonchev–Trinajstić information content (AvgIpc) is 2.29. The van der Waals surface area contributed by atoms with Crippen LogP contribution in [0.2, 0.25) is 0 Å². The second kappa shape index (κ2) is 5.22. The van der Waals surface area contributed by atoms with Gasteiger partial charge in [0.15, 0.2) is 0 Å². The lowest BCUT2D eigenvalue weighted by Crippen LogP contribution is -2.49. The molecule has 17 heavy (non-hydrogen) atoms. The molecule has 4 heteroatoms. The third-order valence-electron chi connectivity index (χ3n) is 3.83. The molecule has 0 saturated carbocycles. The first-order valence-electron chi connectivity index (χ1n) is 6.65. The number of hydrogen-bond acceptors (Lipinski definition) is 4. The highest BCUT2D eigenvalue weighted by Gasteiger charge is 2.40. The summed E-state index contributed by atoms with van der Waals surface area (Å²) in [6, 6.07) is 0. The van der Waals surface area contributed by atoms with Crippen LogP contribution in [0.25, 0.3) is 0 Å². The van der Waals surface area contributed by atoms with Crippen LogP contribution in [0.1, 0.15) is 39.5 Å². The minimum absolute atomic E-state index is 0.00580. The van der Waals surface area contributed by atoms with Crippen molar-refractivity contribution in [1.82, 2.24) is 0 Å². The number of ether oxygens (including phenoxy) is 3. The Hall–Kier alpha value is -0.160. The molecular weight excluding hydrogens is 218 g/mol. The second-order valence-corrected chi connectivity index (χ2v) is 5.84. The zero-order valence-electron chi connectivity index (χ0n) is 11.0. The van der Waals surface area contributed by atoms with Crippen LogP contribution in [0, 0.1) is 0 Å². The van der Waals surface area contributed by atoms with Gasteiger partial charge in [-0.2, -0.15) is 0 Å². The zero-order chi connectivity index (χ0) is 12.4. The lowest BCUT2D eigenvalue weighted by molar-refractivity contribution is -0.189. The Morgan fingerprint density at radius 1 is 1.29 bits per heavy atom. The van der Waals surface area contributed by atoms with E-state index in [4.69, 9.17) is 19.9 Å². The highest BCUT2D eigenvalue weighted by atomic mass is 16.5. The van der Waals surface area contributed by atoms with Gasteiger partial charge in [0.2, 0.25) is 0 Å². The monoisotopic (exact) mass is 243 g/mol. The smallest absolute Gasteiger partial charge is 0.0751 e. The molecule has 1 spiro atoms. The van der Waals surface area contributed by atoms with E-state index in [9.17, 15) is 0 Å². The highest BCUT2D eigenvalue weighted by Crippen LogP contribution is 2.36. The normalized spacial score (nSPS) is 29.5. The van der Waals surface area contributed by atoms with Crippen molar-refractivity contribution in [1.29, 1.82) is 0 Å². The minimum atomic E-state index is -0.228. The SMILES string of the molecule is CC(C)(CN)OC1CCOC2(CCOCC2)C1. The van der Waals surface area contributed by atoms with Gasteiger partial charge < -0.3 is 19.9 Å². The van der Waals surface area contributed by atoms with Gasteiger partial charge in [-0.05, 0) is 33.1 Å². The largest absolute Gasteiger partial charge is 0.381 e. The molecule has 0 amide bonds. The molecule has 0 aromatic rings. The Kier molecular flexibility index (Phi) is 4.08. The molecule has 2 fully saturated rings. The molecule has 0 aromatic carbocycles. The van der Waals surface area contributed by atoms with Crippen molar-refractivity contribution in [3.05, 3.63) is 0 Å². The van der Waals surface area contributed by atoms with E-state index in [1.807, 2.05) is 0 Å². The van der Waals surface area contributed by atoms with Crippen molar-refractivity contribution in [2.45, 2.75) is 56.8 Å². The van der Waals surface area contributed by atoms with Gasteiger partial charge in [0.25, 0.3) is 0 Å². The molecule has 2 heterocycles. The van der Waals surface area contributed by atoms with Crippen molar-refractivity contribution in [3.63, 3.8) is 0 Å². The number of nitrogens with two attached hydrogens (primary N) is 1. The van der Waals surface area contributed by atoms with Crippen molar-refractivity contribution >= 4 is 0 Å². The topological polar surface area (TPSA) is 53.7 Å². The fraction of sp³-hybridized carbons (Fsp3) is 1.00. The van der Waals surface area contributed by atoms with E-state index in [0.29, 0.717) is 6.54 Å². The van der Waals surface area contributed by atoms with E-state index >= 15 is 0 Å². The standard InChI is InChI=1S/C13H25NO3/c1-12(2,10-14)17-11-3-6-16-13(9-11)4-7-15-8-5-13/h11H,3-10,14H2,1-2H3. The van der Waals surface area contributed by atoms with Gasteiger partial charge >= 0.3 is 0 Å². The summed E-state index contributed by atoms with van der Waals surface area (Å²) in [5.41, 5.74) is 5.50. The van der Waals surface area contributed by atoms with Gasteiger partial charge in [-0.1, -0.05) is 0 Å². The van der Waals surface area contributed by atoms with Crippen LogP contribution in [0.5, 0.6) is 0 Å². The summed E-state index contributed by atoms with van der Waals surface area (Å²) in [5.74, 6) is 0. The summed E-state index contributed by atoms with van der Waals surface area (Å²) in [4.78, 5) is 0. The molecule has 4 nitrogen and oxygen atoms in total. The molecule has 2 aliphatic rings. The van der Waals surface area contributed by atoms with E-state index in [1.54, 1.807) is 0 Å². The Balaban J connectivity index is 1.92. The first kappa shape index (κ1) is 13.3. The van der Waals surface area contributed by atoms with E-state index in [1.165, 1.54) is 0 Å². The summed E-state index contributed by atoms with van der Waals surface area (Å²) in [6.07, 6.45) is 4.23. The number of rotatable bonds is 3. The number of hydrogen-bond donors (Lipinski definition) is 1. The average molecular weight is 243 g/mol. The fourth-order valence-corrected chi connectivity index (χ4v) is 2.67. The summed E-state index contributed by atoms with van der Waals surface area (Å²) in [6.45, 7) is 7.09. The van der Waals surface area contributed by atoms with Crippen LogP contribution >= 0.6 is 0 Å². The highest BCUT2D eigenvalue weighted by molar-refractivity contribution is 4.90. The Morgan fingerprint density at radius 2 is 2.00 bits per heavy atom. The Morgan fingerprint density at radius 3 is 2.65 bits per heavy atom. The van der Waals surface area contributed by atoms with Crippen molar-refractivity contribution in [3.8, 4) is 0 Å². The predicted octanol–water partition coefficient (Wildman–Crippen LogP) is 1.47. The first-order valence-corrected chi connectivity index (χ1v) is 6.65. The van der Waals surface area contributed by atoms with Crippen LogP contribution < -0.4 is 5.73 Å². The van der Waals surface area contributed by atoms with E-state index in [2.05, 4.69) is 13.8 Å². The molecule has 0 aliphatic carbocycles. The second-order valence-electron chi connectivity index (χ2n) is 5.84. The van der Waals surface area contributed by atoms with Crippen molar-refractivity contribution in [2.24, 2.45) is 5.73 Å². The van der Waals surface area contributed by atoms with E-state index in [-0.39, 0.29) is 17.3 Å². The molecular formula is C13H25NO3. The predicted molar refractivity (Wildman–Crippen MR) is 66.0 cm³/mol. The minimum Gasteiger partial charge on any atom is -0.381 e. The molecule has 0 radical (unpaired) electrons. The molecule has 2 N–H and O–H groups in total. The van der Waals surface area contributed by atoms with Crippen LogP contribution in [-0.2, 0) is 14.2 Å². The maximum atomic E-state index is 6.11. The zero-order valence-corrected chi connectivity index (χ0v) is 11.0. The van der Waals surface area contributed by atoms with Gasteiger partial charge in [0.1, 0.15) is 0 Å². The summed E-state index contributed by atoms with van der Waals surface area (Å²) < 4.78 is 17.5. The van der Waals surface area contributed by atoms with Gasteiger partial charge in [0, 0.05) is 32.8 Å². The van der Waals surface area contributed by atoms with Crippen LogP contribution in [0.15, 0.2) is 0 Å². The van der Waals surface area contributed by atoms with Gasteiger partial charge in [-0.15, -0.1) is 0 Å². The van der Waals surface area contributed by atoms with Crippen LogP contribution in [0.3, 0.4) is 0 Å². The van der Waals surface area contributed by atoms with Gasteiger partial charge in [0.05, 0.1) is 17.3 Å². The van der Waals surface area contributed by atoms with Crippen molar-refractivity contribution in [2.75, 3.05) is 26.4 Å². The lowest BCUT2D eigenvalue weighted by Gasteiger charge is -2.44. The summed E-state index contributed by atoms with van der Waals surface area (Å²) in [7, 11) is 0. The molecule has 2 saturated heterocycles. The maximum absolute atomic E-state index is 6.11. The van der Waals surface area contributed by atoms with Crippen molar-refractivity contribution < 1.29 is 14.2 Å². The van der Waals surface area contributed by atoms with Gasteiger partial charge in [-0.3, -0.25) is 0 Å². The molecule has 0 bridgehead atoms. The third-order valence-corrected chi connectivity index (χ3v) is 3.83. The van der Waals surface area contributed by atoms with Crippen LogP contribution in [-0.4, -0.2) is 43.7 Å².